The molecule has 0 spiro atoms. The summed E-state index contributed by atoms with van der Waals surface area (Å²) in [6, 6.07) is 0. The fourth-order valence-electron chi connectivity index (χ4n) is 1.78. The average molecular weight is 296 g/mol. The summed E-state index contributed by atoms with van der Waals surface area (Å²) in [5.41, 5.74) is -0.161. The second-order valence-electron chi connectivity index (χ2n) is 5.15. The molecule has 0 unspecified atom stereocenters. The van der Waals surface area contributed by atoms with Gasteiger partial charge in [-0.25, -0.2) is 4.98 Å². The molecule has 0 aromatic carbocycles. The lowest BCUT2D eigenvalue weighted by Crippen LogP contribution is -2.30. The van der Waals surface area contributed by atoms with Crippen molar-refractivity contribution in [2.24, 2.45) is 5.92 Å². The first-order chi connectivity index (χ1) is 10.0. The minimum absolute atomic E-state index is 0.0852. The van der Waals surface area contributed by atoms with Crippen LogP contribution in [0.15, 0.2) is 17.2 Å². The highest BCUT2D eigenvalue weighted by molar-refractivity contribution is 5.76. The van der Waals surface area contributed by atoms with E-state index in [0.29, 0.717) is 32.2 Å². The molecule has 21 heavy (non-hydrogen) atoms. The number of methoxy groups -OCH3 is 1. The van der Waals surface area contributed by atoms with Crippen LogP contribution in [0.2, 0.25) is 0 Å². The Labute approximate surface area is 124 Å². The van der Waals surface area contributed by atoms with Gasteiger partial charge < -0.3 is 19.9 Å². The van der Waals surface area contributed by atoms with Crippen LogP contribution in [0.25, 0.3) is 0 Å². The van der Waals surface area contributed by atoms with E-state index >= 15 is 0 Å². The maximum atomic E-state index is 12.1. The van der Waals surface area contributed by atoms with Crippen molar-refractivity contribution in [1.29, 1.82) is 0 Å². The summed E-state index contributed by atoms with van der Waals surface area (Å²) in [7, 11) is 1.58. The van der Waals surface area contributed by atoms with Crippen LogP contribution in [0.5, 0.6) is 0 Å². The molecule has 2 N–H and O–H groups in total. The van der Waals surface area contributed by atoms with Gasteiger partial charge in [0.25, 0.3) is 5.56 Å². The van der Waals surface area contributed by atoms with E-state index in [1.165, 1.54) is 0 Å². The van der Waals surface area contributed by atoms with Gasteiger partial charge in [0.05, 0.1) is 6.61 Å². The van der Waals surface area contributed by atoms with Gasteiger partial charge in [-0.3, -0.25) is 9.59 Å². The van der Waals surface area contributed by atoms with Crippen LogP contribution in [0, 0.1) is 5.92 Å². The van der Waals surface area contributed by atoms with Crippen LogP contribution in [0.1, 0.15) is 20.3 Å². The molecule has 7 heteroatoms. The average Bonchev–Trinajstić information content (AvgIpc) is 2.42. The van der Waals surface area contributed by atoms with E-state index in [1.54, 1.807) is 24.1 Å². The van der Waals surface area contributed by atoms with Crippen LogP contribution in [-0.2, 0) is 16.1 Å². The number of hydrogen-bond acceptors (Lipinski definition) is 5. The molecule has 7 nitrogen and oxygen atoms in total. The van der Waals surface area contributed by atoms with E-state index in [2.05, 4.69) is 15.6 Å². The smallest absolute Gasteiger partial charge is 0.293 e. The summed E-state index contributed by atoms with van der Waals surface area (Å²) >= 11 is 0. The van der Waals surface area contributed by atoms with E-state index in [4.69, 9.17) is 4.74 Å². The third-order valence-electron chi connectivity index (χ3n) is 2.75. The first-order valence-electron chi connectivity index (χ1n) is 7.09. The largest absolute Gasteiger partial charge is 0.383 e. The molecule has 1 aromatic rings. The predicted octanol–water partition coefficient (Wildman–Crippen LogP) is 0.464. The third-order valence-corrected chi connectivity index (χ3v) is 2.75. The monoisotopic (exact) mass is 296 g/mol. The van der Waals surface area contributed by atoms with Gasteiger partial charge in [-0.15, -0.1) is 0 Å². The zero-order chi connectivity index (χ0) is 15.7. The molecule has 0 fully saturated rings. The number of aromatic nitrogens is 2. The van der Waals surface area contributed by atoms with E-state index in [1.807, 2.05) is 13.8 Å². The first kappa shape index (κ1) is 17.2. The van der Waals surface area contributed by atoms with Gasteiger partial charge in [-0.2, -0.15) is 0 Å². The van der Waals surface area contributed by atoms with Crippen LogP contribution >= 0.6 is 0 Å². The fraction of sp³-hybridized carbons (Fsp3) is 0.643. The minimum atomic E-state index is -0.161. The van der Waals surface area contributed by atoms with Gasteiger partial charge in [0.1, 0.15) is 0 Å². The summed E-state index contributed by atoms with van der Waals surface area (Å²) in [6.07, 6.45) is 3.54. The number of ether oxygens (including phenoxy) is 1. The second-order valence-corrected chi connectivity index (χ2v) is 5.15. The van der Waals surface area contributed by atoms with Crippen molar-refractivity contribution < 1.29 is 9.53 Å². The molecule has 0 aliphatic rings. The van der Waals surface area contributed by atoms with Crippen molar-refractivity contribution in [2.75, 3.05) is 32.1 Å². The van der Waals surface area contributed by atoms with Crippen molar-refractivity contribution in [1.82, 2.24) is 14.9 Å². The first-order valence-corrected chi connectivity index (χ1v) is 7.09. The van der Waals surface area contributed by atoms with Gasteiger partial charge in [0.15, 0.2) is 5.82 Å². The molecular weight excluding hydrogens is 272 g/mol. The Morgan fingerprint density at radius 2 is 2.19 bits per heavy atom. The van der Waals surface area contributed by atoms with Crippen LogP contribution in [0.3, 0.4) is 0 Å². The van der Waals surface area contributed by atoms with E-state index in [9.17, 15) is 9.59 Å². The van der Waals surface area contributed by atoms with E-state index in [0.717, 1.165) is 0 Å². The van der Waals surface area contributed by atoms with E-state index < -0.39 is 0 Å². The van der Waals surface area contributed by atoms with Crippen molar-refractivity contribution in [2.45, 2.75) is 26.8 Å². The molecule has 1 heterocycles. The molecule has 0 saturated heterocycles. The number of amides is 1. The highest BCUT2D eigenvalue weighted by atomic mass is 16.5. The summed E-state index contributed by atoms with van der Waals surface area (Å²) in [5.74, 6) is 0.574. The van der Waals surface area contributed by atoms with Gasteiger partial charge >= 0.3 is 0 Å². The van der Waals surface area contributed by atoms with Gasteiger partial charge in [-0.1, -0.05) is 13.8 Å². The Kier molecular flexibility index (Phi) is 7.45. The molecule has 0 radical (unpaired) electrons. The Bertz CT molecular complexity index is 499. The Morgan fingerprint density at radius 1 is 1.43 bits per heavy atom. The van der Waals surface area contributed by atoms with Crippen molar-refractivity contribution >= 4 is 11.7 Å². The zero-order valence-corrected chi connectivity index (χ0v) is 12.9. The number of carbonyl (C=O) groups excluding carboxylic acids is 1. The van der Waals surface area contributed by atoms with Crippen LogP contribution in [0.4, 0.5) is 5.82 Å². The summed E-state index contributed by atoms with van der Waals surface area (Å²) in [5, 5.41) is 5.63. The predicted molar refractivity (Wildman–Crippen MR) is 81.3 cm³/mol. The number of nitrogens with one attached hydrogen (secondary N) is 2. The molecule has 1 amide bonds. The number of anilines is 1. The number of nitrogens with zero attached hydrogens (tertiary/aromatic N) is 2. The Balaban J connectivity index is 2.45. The van der Waals surface area contributed by atoms with Gasteiger partial charge in [0.2, 0.25) is 5.91 Å². The molecular formula is C14H24N4O3. The number of carbonyl (C=O) groups is 1. The molecule has 1 aromatic heterocycles. The fourth-order valence-corrected chi connectivity index (χ4v) is 1.78. The number of hydrogen-bond donors (Lipinski definition) is 2. The van der Waals surface area contributed by atoms with Crippen molar-refractivity contribution in [3.63, 3.8) is 0 Å². The number of rotatable bonds is 9. The molecule has 1 rings (SSSR count). The topological polar surface area (TPSA) is 85.2 Å². The quantitative estimate of drug-likeness (QED) is 0.647. The Hall–Kier alpha value is -1.89. The summed E-state index contributed by atoms with van der Waals surface area (Å²) < 4.78 is 6.47. The second kappa shape index (κ2) is 9.12. The van der Waals surface area contributed by atoms with E-state index in [-0.39, 0.29) is 23.7 Å². The lowest BCUT2D eigenvalue weighted by molar-refractivity contribution is -0.121. The third kappa shape index (κ3) is 6.40. The minimum Gasteiger partial charge on any atom is -0.383 e. The summed E-state index contributed by atoms with van der Waals surface area (Å²) in [4.78, 5) is 27.6. The lowest BCUT2D eigenvalue weighted by atomic mass is 10.2. The van der Waals surface area contributed by atoms with Gasteiger partial charge in [0, 0.05) is 45.6 Å². The molecule has 118 valence electrons. The normalized spacial score (nSPS) is 10.7. The highest BCUT2D eigenvalue weighted by Crippen LogP contribution is 1.98. The van der Waals surface area contributed by atoms with Crippen LogP contribution < -0.4 is 16.2 Å². The zero-order valence-electron chi connectivity index (χ0n) is 12.9. The SMILES string of the molecule is COCCNC(=O)CCNc1nccn(CC(C)C)c1=O. The van der Waals surface area contributed by atoms with Crippen molar-refractivity contribution in [3.8, 4) is 0 Å². The molecule has 0 aliphatic heterocycles. The maximum Gasteiger partial charge on any atom is 0.293 e. The lowest BCUT2D eigenvalue weighted by Gasteiger charge is -2.10. The standard InChI is InChI=1S/C14H24N4O3/c1-11(2)10-18-8-6-17-13(14(18)20)16-5-4-12(19)15-7-9-21-3/h6,8,11H,4-5,7,9-10H2,1-3H3,(H,15,19)(H,16,17). The van der Waals surface area contributed by atoms with Gasteiger partial charge in [-0.05, 0) is 5.92 Å². The highest BCUT2D eigenvalue weighted by Gasteiger charge is 2.06. The summed E-state index contributed by atoms with van der Waals surface area (Å²) in [6.45, 7) is 6.08. The van der Waals surface area contributed by atoms with Crippen molar-refractivity contribution in [3.05, 3.63) is 22.7 Å². The molecule has 0 saturated carbocycles. The maximum absolute atomic E-state index is 12.1. The van der Waals surface area contributed by atoms with Crippen LogP contribution in [-0.4, -0.2) is 42.3 Å². The molecule has 0 bridgehead atoms. The molecule has 0 aliphatic carbocycles. The molecule has 0 atom stereocenters. The Morgan fingerprint density at radius 3 is 2.86 bits per heavy atom.